The van der Waals surface area contributed by atoms with Crippen LogP contribution in [0, 0.1) is 0 Å². The van der Waals surface area contributed by atoms with E-state index < -0.39 is 0 Å². The van der Waals surface area contributed by atoms with Crippen molar-refractivity contribution in [3.8, 4) is 0 Å². The molecule has 1 aromatic carbocycles. The first-order valence-electron chi connectivity index (χ1n) is 4.83. The summed E-state index contributed by atoms with van der Waals surface area (Å²) in [5, 5.41) is 9.40. The molecule has 0 amide bonds. The van der Waals surface area contributed by atoms with Crippen molar-refractivity contribution in [1.29, 1.82) is 0 Å². The highest BCUT2D eigenvalue weighted by atomic mass is 79.9. The van der Waals surface area contributed by atoms with Gasteiger partial charge in [0, 0.05) is 23.4 Å². The maximum Gasteiger partial charge on any atom is 0.159 e. The minimum Gasteiger partial charge on any atom is -0.512 e. The summed E-state index contributed by atoms with van der Waals surface area (Å²) in [6.45, 7) is 0. The van der Waals surface area contributed by atoms with Crippen molar-refractivity contribution < 1.29 is 9.90 Å². The van der Waals surface area contributed by atoms with Crippen LogP contribution in [0.5, 0.6) is 0 Å². The zero-order valence-electron chi connectivity index (χ0n) is 8.11. The second-order valence-corrected chi connectivity index (χ2v) is 4.67. The Bertz CT molecular complexity index is 406. The summed E-state index contributed by atoms with van der Waals surface area (Å²) in [4.78, 5) is 11.3. The average Bonchev–Trinajstić information content (AvgIpc) is 2.17. The molecule has 1 unspecified atom stereocenters. The van der Waals surface area contributed by atoms with Crippen molar-refractivity contribution in [1.82, 2.24) is 0 Å². The van der Waals surface area contributed by atoms with Crippen LogP contribution < -0.4 is 0 Å². The molecule has 0 spiro atoms. The van der Waals surface area contributed by atoms with Gasteiger partial charge in [0.15, 0.2) is 5.78 Å². The van der Waals surface area contributed by atoms with Crippen LogP contribution in [-0.4, -0.2) is 10.9 Å². The quantitative estimate of drug-likeness (QED) is 0.847. The van der Waals surface area contributed by atoms with Crippen molar-refractivity contribution in [2.45, 2.75) is 18.8 Å². The molecule has 1 aliphatic rings. The second kappa shape index (κ2) is 4.19. The molecule has 0 aliphatic heterocycles. The Morgan fingerprint density at radius 2 is 1.87 bits per heavy atom. The third-order valence-corrected chi connectivity index (χ3v) is 3.10. The molecule has 2 rings (SSSR count). The van der Waals surface area contributed by atoms with Crippen LogP contribution in [0.1, 0.15) is 24.3 Å². The molecule has 78 valence electrons. The van der Waals surface area contributed by atoms with E-state index in [9.17, 15) is 9.90 Å². The lowest BCUT2D eigenvalue weighted by Gasteiger charge is -2.19. The molecule has 1 aliphatic carbocycles. The van der Waals surface area contributed by atoms with Crippen LogP contribution in [0.2, 0.25) is 0 Å². The smallest absolute Gasteiger partial charge is 0.159 e. The maximum atomic E-state index is 11.3. The van der Waals surface area contributed by atoms with E-state index in [1.165, 1.54) is 6.08 Å². The molecule has 3 heteroatoms. The third kappa shape index (κ3) is 2.48. The number of rotatable bonds is 1. The predicted molar refractivity (Wildman–Crippen MR) is 61.8 cm³/mol. The number of carbonyl (C=O) groups is 1. The van der Waals surface area contributed by atoms with Crippen LogP contribution in [0.4, 0.5) is 0 Å². The van der Waals surface area contributed by atoms with E-state index in [-0.39, 0.29) is 17.5 Å². The number of allylic oxidation sites excluding steroid dienone is 2. The van der Waals surface area contributed by atoms with E-state index in [0.29, 0.717) is 12.8 Å². The lowest BCUT2D eigenvalue weighted by molar-refractivity contribution is -0.115. The van der Waals surface area contributed by atoms with E-state index >= 15 is 0 Å². The van der Waals surface area contributed by atoms with Gasteiger partial charge in [-0.05, 0) is 23.6 Å². The van der Waals surface area contributed by atoms with Crippen molar-refractivity contribution >= 4 is 21.7 Å². The molecule has 2 nitrogen and oxygen atoms in total. The number of hydrogen-bond donors (Lipinski definition) is 1. The second-order valence-electron chi connectivity index (χ2n) is 3.76. The summed E-state index contributed by atoms with van der Waals surface area (Å²) in [6, 6.07) is 7.88. The summed E-state index contributed by atoms with van der Waals surface area (Å²) >= 11 is 3.37. The number of hydrogen-bond acceptors (Lipinski definition) is 2. The van der Waals surface area contributed by atoms with Crippen molar-refractivity contribution in [2.75, 3.05) is 0 Å². The Morgan fingerprint density at radius 3 is 2.47 bits per heavy atom. The summed E-state index contributed by atoms with van der Waals surface area (Å²) in [7, 11) is 0. The van der Waals surface area contributed by atoms with Gasteiger partial charge in [0.25, 0.3) is 0 Å². The van der Waals surface area contributed by atoms with Gasteiger partial charge in [0.2, 0.25) is 0 Å². The minimum atomic E-state index is 0.00617. The normalized spacial score (nSPS) is 21.3. The number of benzene rings is 1. The highest BCUT2D eigenvalue weighted by molar-refractivity contribution is 9.10. The lowest BCUT2D eigenvalue weighted by Crippen LogP contribution is -2.12. The van der Waals surface area contributed by atoms with Gasteiger partial charge in [-0.1, -0.05) is 28.1 Å². The van der Waals surface area contributed by atoms with Gasteiger partial charge in [-0.3, -0.25) is 4.79 Å². The highest BCUT2D eigenvalue weighted by Gasteiger charge is 2.21. The Balaban J connectivity index is 2.22. The first-order chi connectivity index (χ1) is 7.15. The van der Waals surface area contributed by atoms with Gasteiger partial charge in [0.1, 0.15) is 0 Å². The van der Waals surface area contributed by atoms with E-state index in [0.717, 1.165) is 10.0 Å². The average molecular weight is 267 g/mol. The van der Waals surface area contributed by atoms with Gasteiger partial charge in [-0.2, -0.15) is 0 Å². The zero-order valence-corrected chi connectivity index (χ0v) is 9.70. The van der Waals surface area contributed by atoms with Crippen LogP contribution >= 0.6 is 15.9 Å². The van der Waals surface area contributed by atoms with E-state index in [4.69, 9.17) is 0 Å². The van der Waals surface area contributed by atoms with Crippen LogP contribution in [-0.2, 0) is 4.79 Å². The van der Waals surface area contributed by atoms with Crippen LogP contribution in [0.15, 0.2) is 40.6 Å². The summed E-state index contributed by atoms with van der Waals surface area (Å²) in [6.07, 6.45) is 2.38. The van der Waals surface area contributed by atoms with E-state index in [1.54, 1.807) is 0 Å². The first-order valence-corrected chi connectivity index (χ1v) is 5.62. The number of aliphatic hydroxyl groups is 1. The standard InChI is InChI=1S/C12H11BrO2/c13-10-3-1-8(2-4-10)9-5-11(14)7-12(15)6-9/h1-4,7,9,14H,5-6H2. The predicted octanol–water partition coefficient (Wildman–Crippen LogP) is 3.34. The topological polar surface area (TPSA) is 37.3 Å². The molecule has 1 atom stereocenters. The molecule has 15 heavy (non-hydrogen) atoms. The van der Waals surface area contributed by atoms with E-state index in [2.05, 4.69) is 15.9 Å². The Kier molecular flexibility index (Phi) is 2.91. The van der Waals surface area contributed by atoms with Gasteiger partial charge in [-0.15, -0.1) is 0 Å². The highest BCUT2D eigenvalue weighted by Crippen LogP contribution is 2.30. The zero-order chi connectivity index (χ0) is 10.8. The molecule has 0 aromatic heterocycles. The van der Waals surface area contributed by atoms with Crippen molar-refractivity contribution in [3.63, 3.8) is 0 Å². The molecular formula is C12H11BrO2. The van der Waals surface area contributed by atoms with Gasteiger partial charge in [-0.25, -0.2) is 0 Å². The fourth-order valence-electron chi connectivity index (χ4n) is 1.84. The number of carbonyl (C=O) groups excluding carboxylic acids is 1. The maximum absolute atomic E-state index is 11.3. The number of ketones is 1. The van der Waals surface area contributed by atoms with Crippen LogP contribution in [0.25, 0.3) is 0 Å². The van der Waals surface area contributed by atoms with E-state index in [1.807, 2.05) is 24.3 Å². The van der Waals surface area contributed by atoms with Gasteiger partial charge in [0.05, 0.1) is 5.76 Å². The number of aliphatic hydroxyl groups excluding tert-OH is 1. The van der Waals surface area contributed by atoms with Gasteiger partial charge < -0.3 is 5.11 Å². The van der Waals surface area contributed by atoms with Gasteiger partial charge >= 0.3 is 0 Å². The first kappa shape index (κ1) is 10.4. The Labute approximate surface area is 96.7 Å². The Hall–Kier alpha value is -1.09. The molecule has 1 N–H and O–H groups in total. The fraction of sp³-hybridized carbons (Fsp3) is 0.250. The molecule has 0 bridgehead atoms. The van der Waals surface area contributed by atoms with Crippen molar-refractivity contribution in [2.24, 2.45) is 0 Å². The molecule has 0 saturated carbocycles. The largest absolute Gasteiger partial charge is 0.512 e. The molecule has 1 aromatic rings. The molecule has 0 heterocycles. The minimum absolute atomic E-state index is 0.00617. The molecule has 0 radical (unpaired) electrons. The Morgan fingerprint density at radius 1 is 1.20 bits per heavy atom. The SMILES string of the molecule is O=C1C=C(O)CC(c2ccc(Br)cc2)C1. The third-order valence-electron chi connectivity index (χ3n) is 2.57. The monoisotopic (exact) mass is 266 g/mol. The lowest BCUT2D eigenvalue weighted by atomic mass is 9.86. The van der Waals surface area contributed by atoms with Crippen molar-refractivity contribution in [3.05, 3.63) is 46.1 Å². The summed E-state index contributed by atoms with van der Waals surface area (Å²) < 4.78 is 1.02. The fourth-order valence-corrected chi connectivity index (χ4v) is 2.11. The molecule has 0 saturated heterocycles. The summed E-state index contributed by atoms with van der Waals surface area (Å²) in [5.74, 6) is 0.321. The summed E-state index contributed by atoms with van der Waals surface area (Å²) in [5.41, 5.74) is 1.10. The molecular weight excluding hydrogens is 256 g/mol. The number of halogens is 1. The molecule has 0 fully saturated rings. The van der Waals surface area contributed by atoms with Crippen LogP contribution in [0.3, 0.4) is 0 Å².